The van der Waals surface area contributed by atoms with Gasteiger partial charge in [-0.3, -0.25) is 4.79 Å². The van der Waals surface area contributed by atoms with Gasteiger partial charge >= 0.3 is 11.9 Å². The lowest BCUT2D eigenvalue weighted by Gasteiger charge is -2.41. The van der Waals surface area contributed by atoms with E-state index in [4.69, 9.17) is 9.84 Å². The van der Waals surface area contributed by atoms with Gasteiger partial charge in [-0.05, 0) is 24.0 Å². The van der Waals surface area contributed by atoms with Crippen LogP contribution in [0.1, 0.15) is 37.3 Å². The van der Waals surface area contributed by atoms with Crippen molar-refractivity contribution in [3.63, 3.8) is 0 Å². The molecule has 0 bridgehead atoms. The van der Waals surface area contributed by atoms with Gasteiger partial charge in [0.2, 0.25) is 0 Å². The third-order valence-corrected chi connectivity index (χ3v) is 6.58. The fourth-order valence-corrected chi connectivity index (χ4v) is 4.71. The summed E-state index contributed by atoms with van der Waals surface area (Å²) in [4.78, 5) is 24.2. The zero-order valence-electron chi connectivity index (χ0n) is 16.9. The molecule has 6 heteroatoms. The maximum absolute atomic E-state index is 12.9. The number of carboxylic acids is 1. The standard InChI is InChI=1S/C24H26O5S/c1-17(12-13-21(26)27)24(19-10-6-3-7-11-19)16-20(25)22(23(28)29-24)30-15-14-18-8-4-2-5-9-18/h2-11,17,25H,12-16H2,1H3,(H,26,27). The van der Waals surface area contributed by atoms with Crippen molar-refractivity contribution in [2.75, 3.05) is 5.75 Å². The Labute approximate surface area is 180 Å². The minimum absolute atomic E-state index is 0.00957. The van der Waals surface area contributed by atoms with Gasteiger partial charge < -0.3 is 14.9 Å². The van der Waals surface area contributed by atoms with Crippen LogP contribution in [0, 0.1) is 5.92 Å². The quantitative estimate of drug-likeness (QED) is 0.544. The number of hydrogen-bond acceptors (Lipinski definition) is 5. The van der Waals surface area contributed by atoms with Crippen LogP contribution < -0.4 is 0 Å². The van der Waals surface area contributed by atoms with E-state index in [9.17, 15) is 14.7 Å². The van der Waals surface area contributed by atoms with E-state index in [1.54, 1.807) is 0 Å². The van der Waals surface area contributed by atoms with Crippen LogP contribution in [0.15, 0.2) is 71.3 Å². The van der Waals surface area contributed by atoms with E-state index in [-0.39, 0.29) is 29.4 Å². The SMILES string of the molecule is CC(CCC(=O)O)C1(c2ccccc2)CC(O)=C(SCCc2ccccc2)C(=O)O1. The number of carbonyl (C=O) groups is 2. The number of rotatable bonds is 9. The second-order valence-corrected chi connectivity index (χ2v) is 8.62. The Kier molecular flexibility index (Phi) is 7.21. The minimum atomic E-state index is -1.08. The molecule has 30 heavy (non-hydrogen) atoms. The summed E-state index contributed by atoms with van der Waals surface area (Å²) < 4.78 is 5.97. The number of carboxylic acid groups (broad SMARTS) is 1. The number of hydrogen-bond donors (Lipinski definition) is 2. The highest BCUT2D eigenvalue weighted by Gasteiger charge is 2.47. The lowest BCUT2D eigenvalue weighted by molar-refractivity contribution is -0.167. The molecule has 1 aliphatic rings. The molecule has 2 aromatic rings. The van der Waals surface area contributed by atoms with E-state index in [2.05, 4.69) is 0 Å². The predicted octanol–water partition coefficient (Wildman–Crippen LogP) is 5.08. The molecule has 3 rings (SSSR count). The summed E-state index contributed by atoms with van der Waals surface area (Å²) in [6.45, 7) is 1.87. The fourth-order valence-electron chi connectivity index (χ4n) is 3.77. The van der Waals surface area contributed by atoms with Crippen molar-refractivity contribution in [1.29, 1.82) is 0 Å². The molecule has 0 aliphatic carbocycles. The number of esters is 1. The highest BCUT2D eigenvalue weighted by Crippen LogP contribution is 2.46. The molecule has 0 saturated heterocycles. The first-order chi connectivity index (χ1) is 14.4. The third-order valence-electron chi connectivity index (χ3n) is 5.48. The van der Waals surface area contributed by atoms with Crippen molar-refractivity contribution < 1.29 is 24.5 Å². The van der Waals surface area contributed by atoms with Crippen LogP contribution in [0.5, 0.6) is 0 Å². The Bertz CT molecular complexity index is 910. The Hall–Kier alpha value is -2.73. The second-order valence-electron chi connectivity index (χ2n) is 7.52. The topological polar surface area (TPSA) is 83.8 Å². The highest BCUT2D eigenvalue weighted by atomic mass is 32.2. The molecule has 0 aromatic heterocycles. The first-order valence-corrected chi connectivity index (χ1v) is 11.0. The maximum atomic E-state index is 12.9. The molecule has 5 nitrogen and oxygen atoms in total. The molecule has 1 aliphatic heterocycles. The maximum Gasteiger partial charge on any atom is 0.348 e. The van der Waals surface area contributed by atoms with Gasteiger partial charge in [-0.1, -0.05) is 67.6 Å². The summed E-state index contributed by atoms with van der Waals surface area (Å²) in [5.74, 6) is -1.08. The lowest BCUT2D eigenvalue weighted by atomic mass is 9.76. The van der Waals surface area contributed by atoms with Crippen LogP contribution in [-0.4, -0.2) is 27.9 Å². The number of thioether (sulfide) groups is 1. The zero-order valence-corrected chi connectivity index (χ0v) is 17.7. The van der Waals surface area contributed by atoms with Crippen LogP contribution in [0.3, 0.4) is 0 Å². The minimum Gasteiger partial charge on any atom is -0.511 e. The first kappa shape index (κ1) is 22.0. The Morgan fingerprint density at radius 2 is 1.77 bits per heavy atom. The average Bonchev–Trinajstić information content (AvgIpc) is 2.75. The Morgan fingerprint density at radius 1 is 1.13 bits per heavy atom. The third kappa shape index (κ3) is 5.05. The zero-order chi connectivity index (χ0) is 21.6. The summed E-state index contributed by atoms with van der Waals surface area (Å²) in [6, 6.07) is 19.2. The van der Waals surface area contributed by atoms with Gasteiger partial charge in [0.25, 0.3) is 0 Å². The number of aliphatic hydroxyl groups is 1. The monoisotopic (exact) mass is 426 g/mol. The molecule has 2 N–H and O–H groups in total. The van der Waals surface area contributed by atoms with Gasteiger partial charge in [0.05, 0.1) is 6.42 Å². The van der Waals surface area contributed by atoms with Crippen LogP contribution in [-0.2, 0) is 26.3 Å². The van der Waals surface area contributed by atoms with E-state index in [1.165, 1.54) is 11.8 Å². The van der Waals surface area contributed by atoms with Crippen LogP contribution >= 0.6 is 11.8 Å². The van der Waals surface area contributed by atoms with Crippen LogP contribution in [0.2, 0.25) is 0 Å². The largest absolute Gasteiger partial charge is 0.511 e. The number of aliphatic carboxylic acids is 1. The van der Waals surface area contributed by atoms with Crippen molar-refractivity contribution in [3.05, 3.63) is 82.5 Å². The van der Waals surface area contributed by atoms with E-state index >= 15 is 0 Å². The van der Waals surface area contributed by atoms with Gasteiger partial charge in [-0.25, -0.2) is 4.79 Å². The second kappa shape index (κ2) is 9.85. The van der Waals surface area contributed by atoms with Gasteiger partial charge in [-0.2, -0.15) is 0 Å². The van der Waals surface area contributed by atoms with Gasteiger partial charge in [0, 0.05) is 18.1 Å². The molecule has 158 valence electrons. The predicted molar refractivity (Wildman–Crippen MR) is 117 cm³/mol. The Balaban J connectivity index is 1.81. The average molecular weight is 427 g/mol. The number of aliphatic hydroxyl groups excluding tert-OH is 1. The first-order valence-electron chi connectivity index (χ1n) is 10.0. The summed E-state index contributed by atoms with van der Waals surface area (Å²) in [7, 11) is 0. The smallest absolute Gasteiger partial charge is 0.348 e. The van der Waals surface area contributed by atoms with Gasteiger partial charge in [-0.15, -0.1) is 11.8 Å². The lowest BCUT2D eigenvalue weighted by Crippen LogP contribution is -2.43. The summed E-state index contributed by atoms with van der Waals surface area (Å²) in [5, 5.41) is 19.9. The molecule has 0 amide bonds. The molecule has 2 atom stereocenters. The van der Waals surface area contributed by atoms with Crippen LogP contribution in [0.25, 0.3) is 0 Å². The molecule has 0 spiro atoms. The molecule has 0 saturated carbocycles. The highest BCUT2D eigenvalue weighted by molar-refractivity contribution is 8.04. The molecule has 2 unspecified atom stereocenters. The van der Waals surface area contributed by atoms with E-state index < -0.39 is 17.5 Å². The van der Waals surface area contributed by atoms with Crippen molar-refractivity contribution in [3.8, 4) is 0 Å². The summed E-state index contributed by atoms with van der Waals surface area (Å²) in [6.07, 6.45) is 1.21. The number of ether oxygens (including phenoxy) is 1. The van der Waals surface area contributed by atoms with Gasteiger partial charge in [0.1, 0.15) is 16.3 Å². The van der Waals surface area contributed by atoms with Crippen molar-refractivity contribution in [2.24, 2.45) is 5.92 Å². The van der Waals surface area contributed by atoms with Crippen molar-refractivity contribution >= 4 is 23.7 Å². The summed E-state index contributed by atoms with van der Waals surface area (Å²) in [5.41, 5.74) is 0.841. The number of carbonyl (C=O) groups excluding carboxylic acids is 1. The number of benzene rings is 2. The van der Waals surface area contributed by atoms with Crippen LogP contribution in [0.4, 0.5) is 0 Å². The fraction of sp³-hybridized carbons (Fsp3) is 0.333. The molecule has 2 aromatic carbocycles. The number of cyclic esters (lactones) is 1. The molecule has 1 heterocycles. The Morgan fingerprint density at radius 3 is 2.37 bits per heavy atom. The molecular formula is C24H26O5S. The normalized spacial score (nSPS) is 20.0. The van der Waals surface area contributed by atoms with Crippen molar-refractivity contribution in [1.82, 2.24) is 0 Å². The van der Waals surface area contributed by atoms with E-state index in [1.807, 2.05) is 67.6 Å². The van der Waals surface area contributed by atoms with E-state index in [0.717, 1.165) is 17.5 Å². The molecule has 0 radical (unpaired) electrons. The van der Waals surface area contributed by atoms with Crippen molar-refractivity contribution in [2.45, 2.75) is 38.2 Å². The summed E-state index contributed by atoms with van der Waals surface area (Å²) >= 11 is 1.30. The molecular weight excluding hydrogens is 400 g/mol. The number of aryl methyl sites for hydroxylation is 1. The van der Waals surface area contributed by atoms with Gasteiger partial charge in [0.15, 0.2) is 0 Å². The van der Waals surface area contributed by atoms with E-state index in [0.29, 0.717) is 12.2 Å². The molecule has 0 fully saturated rings.